The molecule has 0 bridgehead atoms. The van der Waals surface area contributed by atoms with Crippen molar-refractivity contribution in [2.75, 3.05) is 23.9 Å². The summed E-state index contributed by atoms with van der Waals surface area (Å²) in [6.45, 7) is 0. The lowest BCUT2D eigenvalue weighted by Gasteiger charge is -2.23. The average molecular weight is 363 g/mol. The first kappa shape index (κ1) is 17.3. The average Bonchev–Trinajstić information content (AvgIpc) is 2.96. The van der Waals surface area contributed by atoms with E-state index in [0.717, 1.165) is 0 Å². The van der Waals surface area contributed by atoms with E-state index in [2.05, 4.69) is 10.3 Å². The standard InChI is InChI=1S/C17H18FN3O3S/c1-21(15-7-9-25(23,24)11-15)17(22)16-10-14(6-8-19-16)20-13-4-2-12(18)3-5-13/h2-6,8,10,15H,7,9,11H2,1H3,(H,19,20). The molecule has 1 fully saturated rings. The molecule has 0 radical (unpaired) electrons. The van der Waals surface area contributed by atoms with Crippen molar-refractivity contribution in [1.29, 1.82) is 0 Å². The van der Waals surface area contributed by atoms with Gasteiger partial charge in [0.05, 0.1) is 11.5 Å². The van der Waals surface area contributed by atoms with Crippen LogP contribution in [-0.2, 0) is 9.84 Å². The van der Waals surface area contributed by atoms with Gasteiger partial charge < -0.3 is 10.2 Å². The number of aromatic nitrogens is 1. The molecule has 25 heavy (non-hydrogen) atoms. The number of nitrogens with one attached hydrogen (secondary N) is 1. The fourth-order valence-electron chi connectivity index (χ4n) is 2.75. The number of anilines is 2. The van der Waals surface area contributed by atoms with E-state index in [1.54, 1.807) is 31.3 Å². The van der Waals surface area contributed by atoms with Crippen molar-refractivity contribution in [3.8, 4) is 0 Å². The Hall–Kier alpha value is -2.48. The van der Waals surface area contributed by atoms with E-state index in [0.29, 0.717) is 17.8 Å². The van der Waals surface area contributed by atoms with Crippen molar-refractivity contribution in [1.82, 2.24) is 9.88 Å². The maximum absolute atomic E-state index is 13.0. The van der Waals surface area contributed by atoms with E-state index in [1.807, 2.05) is 0 Å². The molecule has 8 heteroatoms. The minimum Gasteiger partial charge on any atom is -0.355 e. The predicted octanol–water partition coefficient (Wildman–Crippen LogP) is 2.22. The summed E-state index contributed by atoms with van der Waals surface area (Å²) in [5, 5.41) is 3.07. The molecular formula is C17H18FN3O3S. The molecule has 2 heterocycles. The monoisotopic (exact) mass is 363 g/mol. The molecule has 1 unspecified atom stereocenters. The van der Waals surface area contributed by atoms with Gasteiger partial charge in [0.15, 0.2) is 9.84 Å². The summed E-state index contributed by atoms with van der Waals surface area (Å²) in [4.78, 5) is 18.1. The van der Waals surface area contributed by atoms with Crippen LogP contribution in [0.1, 0.15) is 16.9 Å². The third kappa shape index (κ3) is 4.14. The van der Waals surface area contributed by atoms with Gasteiger partial charge in [0.2, 0.25) is 0 Å². The molecule has 1 aliphatic rings. The van der Waals surface area contributed by atoms with Gasteiger partial charge in [-0.1, -0.05) is 0 Å². The third-order valence-corrected chi connectivity index (χ3v) is 5.94. The Balaban J connectivity index is 1.74. The van der Waals surface area contributed by atoms with Crippen LogP contribution in [0.2, 0.25) is 0 Å². The molecule has 1 atom stereocenters. The number of halogens is 1. The highest BCUT2D eigenvalue weighted by atomic mass is 32.2. The topological polar surface area (TPSA) is 79.4 Å². The van der Waals surface area contributed by atoms with E-state index >= 15 is 0 Å². The third-order valence-electron chi connectivity index (χ3n) is 4.19. The summed E-state index contributed by atoms with van der Waals surface area (Å²) in [6, 6.07) is 8.81. The molecule has 1 aliphatic heterocycles. The Bertz CT molecular complexity index is 884. The van der Waals surface area contributed by atoms with Crippen LogP contribution in [0.4, 0.5) is 15.8 Å². The minimum absolute atomic E-state index is 0.0112. The molecule has 1 N–H and O–H groups in total. The number of pyridine rings is 1. The van der Waals surface area contributed by atoms with E-state index in [4.69, 9.17) is 0 Å². The molecule has 0 saturated carbocycles. The van der Waals surface area contributed by atoms with E-state index in [9.17, 15) is 17.6 Å². The van der Waals surface area contributed by atoms with Crippen LogP contribution in [0.25, 0.3) is 0 Å². The van der Waals surface area contributed by atoms with Crippen LogP contribution in [0.15, 0.2) is 42.6 Å². The number of amides is 1. The van der Waals surface area contributed by atoms with Gasteiger partial charge in [0.1, 0.15) is 11.5 Å². The second kappa shape index (κ2) is 6.79. The molecule has 1 saturated heterocycles. The molecule has 1 aromatic carbocycles. The predicted molar refractivity (Wildman–Crippen MR) is 93.1 cm³/mol. The largest absolute Gasteiger partial charge is 0.355 e. The highest BCUT2D eigenvalue weighted by Gasteiger charge is 2.33. The van der Waals surface area contributed by atoms with Crippen molar-refractivity contribution in [2.24, 2.45) is 0 Å². The van der Waals surface area contributed by atoms with Crippen LogP contribution >= 0.6 is 0 Å². The van der Waals surface area contributed by atoms with Crippen LogP contribution < -0.4 is 5.32 Å². The van der Waals surface area contributed by atoms with Gasteiger partial charge in [-0.15, -0.1) is 0 Å². The van der Waals surface area contributed by atoms with E-state index < -0.39 is 9.84 Å². The summed E-state index contributed by atoms with van der Waals surface area (Å²) < 4.78 is 36.1. The van der Waals surface area contributed by atoms with Crippen molar-refractivity contribution >= 4 is 27.1 Å². The molecule has 0 aliphatic carbocycles. The maximum atomic E-state index is 13.0. The minimum atomic E-state index is -3.07. The molecule has 3 rings (SSSR count). The lowest BCUT2D eigenvalue weighted by molar-refractivity contribution is 0.0742. The fraction of sp³-hybridized carbons (Fsp3) is 0.294. The summed E-state index contributed by atoms with van der Waals surface area (Å²) in [7, 11) is -1.47. The van der Waals surface area contributed by atoms with Gasteiger partial charge in [0.25, 0.3) is 5.91 Å². The maximum Gasteiger partial charge on any atom is 0.272 e. The molecule has 0 spiro atoms. The summed E-state index contributed by atoms with van der Waals surface area (Å²) in [5.41, 5.74) is 1.54. The molecule has 1 aromatic heterocycles. The number of hydrogen-bond acceptors (Lipinski definition) is 5. The molecule has 1 amide bonds. The number of benzene rings is 1. The first-order chi connectivity index (χ1) is 11.8. The zero-order valence-corrected chi connectivity index (χ0v) is 14.5. The Kier molecular flexibility index (Phi) is 4.71. The second-order valence-electron chi connectivity index (χ2n) is 6.03. The summed E-state index contributed by atoms with van der Waals surface area (Å²) in [5.74, 6) is -0.563. The van der Waals surface area contributed by atoms with Crippen molar-refractivity contribution in [3.63, 3.8) is 0 Å². The van der Waals surface area contributed by atoms with E-state index in [1.165, 1.54) is 23.2 Å². The van der Waals surface area contributed by atoms with Crippen LogP contribution in [0, 0.1) is 5.82 Å². The number of rotatable bonds is 4. The zero-order chi connectivity index (χ0) is 18.0. The molecule has 132 valence electrons. The summed E-state index contributed by atoms with van der Waals surface area (Å²) in [6.07, 6.45) is 1.94. The van der Waals surface area contributed by atoms with Crippen LogP contribution in [0.5, 0.6) is 0 Å². The van der Waals surface area contributed by atoms with Gasteiger partial charge in [-0.3, -0.25) is 9.78 Å². The number of sulfone groups is 1. The Morgan fingerprint density at radius 2 is 1.96 bits per heavy atom. The van der Waals surface area contributed by atoms with Crippen molar-refractivity contribution in [2.45, 2.75) is 12.5 Å². The second-order valence-corrected chi connectivity index (χ2v) is 8.26. The number of hydrogen-bond donors (Lipinski definition) is 1. The molecular weight excluding hydrogens is 345 g/mol. The highest BCUT2D eigenvalue weighted by molar-refractivity contribution is 7.91. The Morgan fingerprint density at radius 1 is 1.24 bits per heavy atom. The first-order valence-electron chi connectivity index (χ1n) is 7.80. The zero-order valence-electron chi connectivity index (χ0n) is 13.6. The molecule has 6 nitrogen and oxygen atoms in total. The normalized spacial score (nSPS) is 18.7. The number of carbonyl (C=O) groups is 1. The fourth-order valence-corrected chi connectivity index (χ4v) is 4.53. The van der Waals surface area contributed by atoms with Crippen molar-refractivity contribution < 1.29 is 17.6 Å². The van der Waals surface area contributed by atoms with Gasteiger partial charge in [-0.25, -0.2) is 12.8 Å². The van der Waals surface area contributed by atoms with Crippen LogP contribution in [0.3, 0.4) is 0 Å². The highest BCUT2D eigenvalue weighted by Crippen LogP contribution is 2.20. The lowest BCUT2D eigenvalue weighted by Crippen LogP contribution is -2.38. The number of carbonyl (C=O) groups excluding carboxylic acids is 1. The molecule has 2 aromatic rings. The van der Waals surface area contributed by atoms with Crippen molar-refractivity contribution in [3.05, 3.63) is 54.1 Å². The van der Waals surface area contributed by atoms with Gasteiger partial charge in [-0.05, 0) is 42.8 Å². The van der Waals surface area contributed by atoms with Gasteiger partial charge in [0, 0.05) is 30.7 Å². The quantitative estimate of drug-likeness (QED) is 0.901. The smallest absolute Gasteiger partial charge is 0.272 e. The van der Waals surface area contributed by atoms with E-state index in [-0.39, 0.29) is 35.0 Å². The first-order valence-corrected chi connectivity index (χ1v) is 9.62. The Labute approximate surface area is 145 Å². The van der Waals surface area contributed by atoms with Crippen LogP contribution in [-0.4, -0.2) is 48.8 Å². The lowest BCUT2D eigenvalue weighted by atomic mass is 10.2. The van der Waals surface area contributed by atoms with Gasteiger partial charge in [-0.2, -0.15) is 0 Å². The Morgan fingerprint density at radius 3 is 2.60 bits per heavy atom. The summed E-state index contributed by atoms with van der Waals surface area (Å²) >= 11 is 0. The SMILES string of the molecule is CN(C(=O)c1cc(Nc2ccc(F)cc2)ccn1)C1CCS(=O)(=O)C1. The number of nitrogens with zero attached hydrogens (tertiary/aromatic N) is 2. The van der Waals surface area contributed by atoms with Gasteiger partial charge >= 0.3 is 0 Å².